The number of hydrogen-bond donors (Lipinski definition) is 0. The molecule has 19 heavy (non-hydrogen) atoms. The molecule has 2 aliphatic rings. The first-order chi connectivity index (χ1) is 9.31. The fourth-order valence-corrected chi connectivity index (χ4v) is 3.32. The second-order valence-corrected chi connectivity index (χ2v) is 5.87. The van der Waals surface area contributed by atoms with Crippen molar-refractivity contribution in [3.05, 3.63) is 29.8 Å². The number of benzene rings is 1. The number of hydrogen-bond acceptors (Lipinski definition) is 3. The maximum absolute atomic E-state index is 6.20. The molecule has 2 atom stereocenters. The molecule has 0 saturated carbocycles. The lowest BCUT2D eigenvalue weighted by Gasteiger charge is -2.37. The van der Waals surface area contributed by atoms with E-state index in [-0.39, 0.29) is 11.7 Å². The Morgan fingerprint density at radius 1 is 1.32 bits per heavy atom. The Balaban J connectivity index is 1.69. The van der Waals surface area contributed by atoms with E-state index in [9.17, 15) is 0 Å². The number of ether oxygens (including phenoxy) is 3. The summed E-state index contributed by atoms with van der Waals surface area (Å²) in [6, 6.07) is 8.21. The molecule has 1 aromatic rings. The van der Waals surface area contributed by atoms with Crippen LogP contribution in [0.5, 0.6) is 5.75 Å². The molecular formula is C15H19BrO3. The van der Waals surface area contributed by atoms with Crippen molar-refractivity contribution in [1.29, 1.82) is 0 Å². The van der Waals surface area contributed by atoms with Gasteiger partial charge >= 0.3 is 0 Å². The molecule has 0 amide bonds. The Hall–Kier alpha value is -0.580. The molecule has 0 radical (unpaired) electrons. The van der Waals surface area contributed by atoms with Crippen LogP contribution in [0.25, 0.3) is 0 Å². The first-order valence-electron chi connectivity index (χ1n) is 6.84. The lowest BCUT2D eigenvalue weighted by molar-refractivity contribution is -0.112. The van der Waals surface area contributed by atoms with Gasteiger partial charge in [0.2, 0.25) is 0 Å². The van der Waals surface area contributed by atoms with Crippen LogP contribution in [0.4, 0.5) is 0 Å². The van der Waals surface area contributed by atoms with Crippen molar-refractivity contribution < 1.29 is 14.2 Å². The Morgan fingerprint density at radius 3 is 3.00 bits per heavy atom. The predicted octanol–water partition coefficient (Wildman–Crippen LogP) is 3.30. The molecule has 0 N–H and O–H groups in total. The monoisotopic (exact) mass is 326 g/mol. The maximum Gasteiger partial charge on any atom is 0.123 e. The van der Waals surface area contributed by atoms with Gasteiger partial charge in [-0.25, -0.2) is 0 Å². The van der Waals surface area contributed by atoms with Crippen molar-refractivity contribution in [3.8, 4) is 5.75 Å². The number of halogens is 1. The maximum atomic E-state index is 6.20. The lowest BCUT2D eigenvalue weighted by atomic mass is 9.91. The SMILES string of the molecule is BrCc1ccccc1OC1CCOC2(CCOC2)C1. The molecule has 1 aromatic carbocycles. The highest BCUT2D eigenvalue weighted by Crippen LogP contribution is 2.35. The third-order valence-electron chi connectivity index (χ3n) is 3.93. The number of para-hydroxylation sites is 1. The molecular weight excluding hydrogens is 308 g/mol. The smallest absolute Gasteiger partial charge is 0.123 e. The molecule has 104 valence electrons. The third-order valence-corrected chi connectivity index (χ3v) is 4.53. The van der Waals surface area contributed by atoms with E-state index < -0.39 is 0 Å². The minimum absolute atomic E-state index is 0.0910. The van der Waals surface area contributed by atoms with Gasteiger partial charge in [-0.15, -0.1) is 0 Å². The molecule has 1 spiro atoms. The van der Waals surface area contributed by atoms with Crippen molar-refractivity contribution in [1.82, 2.24) is 0 Å². The fraction of sp³-hybridized carbons (Fsp3) is 0.600. The van der Waals surface area contributed by atoms with E-state index in [4.69, 9.17) is 14.2 Å². The van der Waals surface area contributed by atoms with Crippen LogP contribution < -0.4 is 4.74 Å². The molecule has 2 aliphatic heterocycles. The molecule has 0 aromatic heterocycles. The normalized spacial score (nSPS) is 30.7. The quantitative estimate of drug-likeness (QED) is 0.798. The van der Waals surface area contributed by atoms with E-state index in [1.54, 1.807) is 0 Å². The zero-order valence-electron chi connectivity index (χ0n) is 10.9. The number of alkyl halides is 1. The second-order valence-electron chi connectivity index (χ2n) is 5.31. The standard InChI is InChI=1S/C15H19BrO3/c16-10-12-3-1-2-4-14(12)19-13-5-7-18-15(9-13)6-8-17-11-15/h1-4,13H,5-11H2. The molecule has 0 bridgehead atoms. The third kappa shape index (κ3) is 2.96. The summed E-state index contributed by atoms with van der Waals surface area (Å²) in [7, 11) is 0. The zero-order valence-corrected chi connectivity index (χ0v) is 12.5. The average molecular weight is 327 g/mol. The van der Waals surface area contributed by atoms with Gasteiger partial charge in [-0.2, -0.15) is 0 Å². The zero-order chi connectivity index (χ0) is 13.1. The van der Waals surface area contributed by atoms with E-state index in [1.165, 1.54) is 5.56 Å². The summed E-state index contributed by atoms with van der Waals surface area (Å²) in [6.45, 7) is 2.29. The van der Waals surface area contributed by atoms with E-state index in [0.29, 0.717) is 6.61 Å². The van der Waals surface area contributed by atoms with Crippen LogP contribution in [0.1, 0.15) is 24.8 Å². The Bertz CT molecular complexity index is 429. The van der Waals surface area contributed by atoms with Crippen LogP contribution in [0.15, 0.2) is 24.3 Å². The van der Waals surface area contributed by atoms with Gasteiger partial charge in [0.15, 0.2) is 0 Å². The van der Waals surface area contributed by atoms with Gasteiger partial charge in [-0.05, 0) is 6.07 Å². The topological polar surface area (TPSA) is 27.7 Å². The summed E-state index contributed by atoms with van der Waals surface area (Å²) >= 11 is 3.51. The molecule has 2 heterocycles. The van der Waals surface area contributed by atoms with Crippen molar-refractivity contribution in [2.75, 3.05) is 19.8 Å². The largest absolute Gasteiger partial charge is 0.490 e. The van der Waals surface area contributed by atoms with Crippen molar-refractivity contribution in [2.45, 2.75) is 36.3 Å². The Morgan fingerprint density at radius 2 is 2.21 bits per heavy atom. The molecule has 2 fully saturated rings. The van der Waals surface area contributed by atoms with E-state index in [2.05, 4.69) is 22.0 Å². The summed E-state index contributed by atoms with van der Waals surface area (Å²) in [4.78, 5) is 0. The van der Waals surface area contributed by atoms with Crippen molar-refractivity contribution in [2.24, 2.45) is 0 Å². The molecule has 3 rings (SSSR count). The van der Waals surface area contributed by atoms with Crippen LogP contribution in [0.2, 0.25) is 0 Å². The highest BCUT2D eigenvalue weighted by molar-refractivity contribution is 9.08. The van der Waals surface area contributed by atoms with Crippen LogP contribution in [-0.2, 0) is 14.8 Å². The summed E-state index contributed by atoms with van der Waals surface area (Å²) in [6.07, 6.45) is 3.12. The van der Waals surface area contributed by atoms with E-state index in [0.717, 1.165) is 43.6 Å². The van der Waals surface area contributed by atoms with E-state index >= 15 is 0 Å². The van der Waals surface area contributed by atoms with Gasteiger partial charge in [-0.3, -0.25) is 0 Å². The number of rotatable bonds is 3. The van der Waals surface area contributed by atoms with E-state index in [1.807, 2.05) is 18.2 Å². The van der Waals surface area contributed by atoms with Gasteiger partial charge in [0.25, 0.3) is 0 Å². The minimum Gasteiger partial charge on any atom is -0.490 e. The molecule has 0 aliphatic carbocycles. The fourth-order valence-electron chi connectivity index (χ4n) is 2.86. The average Bonchev–Trinajstić information content (AvgIpc) is 2.87. The van der Waals surface area contributed by atoms with Gasteiger partial charge < -0.3 is 14.2 Å². The second kappa shape index (κ2) is 5.81. The first-order valence-corrected chi connectivity index (χ1v) is 7.96. The molecule has 2 saturated heterocycles. The lowest BCUT2D eigenvalue weighted by Crippen LogP contribution is -2.44. The highest BCUT2D eigenvalue weighted by Gasteiger charge is 2.41. The Labute approximate surface area is 122 Å². The summed E-state index contributed by atoms with van der Waals surface area (Å²) in [5.74, 6) is 0.986. The summed E-state index contributed by atoms with van der Waals surface area (Å²) < 4.78 is 17.6. The van der Waals surface area contributed by atoms with Crippen LogP contribution >= 0.6 is 15.9 Å². The van der Waals surface area contributed by atoms with Gasteiger partial charge in [0.1, 0.15) is 11.9 Å². The first kappa shape index (κ1) is 13.4. The van der Waals surface area contributed by atoms with Gasteiger partial charge in [0.05, 0.1) is 18.8 Å². The minimum atomic E-state index is -0.0910. The van der Waals surface area contributed by atoms with Crippen molar-refractivity contribution >= 4 is 15.9 Å². The Kier molecular flexibility index (Phi) is 4.10. The molecule has 3 nitrogen and oxygen atoms in total. The molecule has 4 heteroatoms. The summed E-state index contributed by atoms with van der Waals surface area (Å²) in [5.41, 5.74) is 1.11. The molecule has 2 unspecified atom stereocenters. The highest BCUT2D eigenvalue weighted by atomic mass is 79.9. The van der Waals surface area contributed by atoms with Gasteiger partial charge in [0, 0.05) is 36.8 Å². The van der Waals surface area contributed by atoms with Crippen LogP contribution in [-0.4, -0.2) is 31.5 Å². The predicted molar refractivity (Wildman–Crippen MR) is 76.8 cm³/mol. The van der Waals surface area contributed by atoms with Crippen LogP contribution in [0, 0.1) is 0 Å². The van der Waals surface area contributed by atoms with Crippen LogP contribution in [0.3, 0.4) is 0 Å². The van der Waals surface area contributed by atoms with Gasteiger partial charge in [-0.1, -0.05) is 34.1 Å². The van der Waals surface area contributed by atoms with Crippen molar-refractivity contribution in [3.63, 3.8) is 0 Å². The summed E-state index contributed by atoms with van der Waals surface area (Å²) in [5, 5.41) is 0.820.